The highest BCUT2D eigenvalue weighted by atomic mass is 28.5. The highest BCUT2D eigenvalue weighted by Gasteiger charge is 2.53. The molecule has 1 fully saturated rings. The van der Waals surface area contributed by atoms with Gasteiger partial charge in [-0.05, 0) is 50.9 Å². The van der Waals surface area contributed by atoms with E-state index in [1.807, 2.05) is 0 Å². The van der Waals surface area contributed by atoms with Gasteiger partial charge < -0.3 is 16.5 Å². The Morgan fingerprint density at radius 1 is 0.526 bits per heavy atom. The Hall–Kier alpha value is 0.708. The fraction of sp³-hybridized carbons (Fsp3) is 1.00. The second-order valence-corrected chi connectivity index (χ2v) is 21.3. The molecule has 1 saturated heterocycles. The predicted octanol–water partition coefficient (Wildman–Crippen LogP) is 4.04. The van der Waals surface area contributed by atoms with Crippen molar-refractivity contribution in [2.45, 2.75) is 71.6 Å². The minimum absolute atomic E-state index is 0.948. The van der Waals surface area contributed by atoms with Gasteiger partial charge in [-0.2, -0.15) is 0 Å². The molecular weight excluding hydrogens is 308 g/mol. The van der Waals surface area contributed by atoms with Crippen LogP contribution in [0.25, 0.3) is 0 Å². The molecule has 0 bridgehead atoms. The monoisotopic (exact) mass is 338 g/mol. The van der Waals surface area contributed by atoms with Gasteiger partial charge >= 0.3 is 34.2 Å². The van der Waals surface area contributed by atoms with Crippen molar-refractivity contribution in [1.82, 2.24) is 0 Å². The summed E-state index contributed by atoms with van der Waals surface area (Å²) in [5.41, 5.74) is 0. The van der Waals surface area contributed by atoms with Crippen LogP contribution in [0.3, 0.4) is 0 Å². The molecule has 8 heteroatoms. The van der Waals surface area contributed by atoms with Gasteiger partial charge in [-0.3, -0.25) is 0 Å². The summed E-state index contributed by atoms with van der Waals surface area (Å²) in [5.74, 6) is 0. The van der Waals surface area contributed by atoms with Gasteiger partial charge in [0, 0.05) is 0 Å². The zero-order valence-corrected chi connectivity index (χ0v) is 17.8. The van der Waals surface area contributed by atoms with Gasteiger partial charge in [0.2, 0.25) is 0 Å². The molecule has 2 unspecified atom stereocenters. The van der Waals surface area contributed by atoms with Crippen LogP contribution in [0.15, 0.2) is 0 Å². The summed E-state index contributed by atoms with van der Waals surface area (Å²) in [6.45, 7) is 17.2. The largest absolute Gasteiger partial charge is 0.416 e. The van der Waals surface area contributed by atoms with Gasteiger partial charge in [0.15, 0.2) is 0 Å². The Bertz CT molecular complexity index is 304. The molecule has 4 nitrogen and oxygen atoms in total. The fourth-order valence-corrected chi connectivity index (χ4v) is 23.7. The molecule has 0 saturated carbocycles. The van der Waals surface area contributed by atoms with Gasteiger partial charge in [-0.15, -0.1) is 0 Å². The number of hydrogen-bond donors (Lipinski definition) is 0. The van der Waals surface area contributed by atoms with Crippen LogP contribution in [0.5, 0.6) is 0 Å². The molecule has 1 heterocycles. The summed E-state index contributed by atoms with van der Waals surface area (Å²) in [6.07, 6.45) is 0. The van der Waals surface area contributed by atoms with Crippen molar-refractivity contribution in [2.24, 2.45) is 0 Å². The molecule has 114 valence electrons. The molecule has 1 aliphatic heterocycles. The standard InChI is InChI=1S/C11H30O4Si4/c1-9-17(6)12-16(4,5)13-18(7,10-2)15-19(8,11-3)14-17/h9-11H2,1-8H3. The molecule has 1 aliphatic rings. The molecule has 0 aromatic heterocycles. The molecule has 0 radical (unpaired) electrons. The van der Waals surface area contributed by atoms with Crippen molar-refractivity contribution in [3.05, 3.63) is 0 Å². The van der Waals surface area contributed by atoms with E-state index >= 15 is 0 Å². The summed E-state index contributed by atoms with van der Waals surface area (Å²) in [6, 6.07) is 2.85. The van der Waals surface area contributed by atoms with Crippen LogP contribution in [-0.4, -0.2) is 34.2 Å². The Morgan fingerprint density at radius 2 is 0.789 bits per heavy atom. The smallest absolute Gasteiger partial charge is 0.317 e. The third-order valence-electron chi connectivity index (χ3n) is 3.71. The first kappa shape index (κ1) is 17.8. The zero-order valence-electron chi connectivity index (χ0n) is 13.8. The van der Waals surface area contributed by atoms with E-state index in [4.69, 9.17) is 16.5 Å². The van der Waals surface area contributed by atoms with Crippen LogP contribution in [0.2, 0.25) is 50.9 Å². The second kappa shape index (κ2) is 5.83. The van der Waals surface area contributed by atoms with Gasteiger partial charge in [-0.1, -0.05) is 20.8 Å². The molecule has 0 aromatic carbocycles. The lowest BCUT2D eigenvalue weighted by Gasteiger charge is -2.48. The van der Waals surface area contributed by atoms with Gasteiger partial charge in [0.1, 0.15) is 0 Å². The minimum Gasteiger partial charge on any atom is -0.416 e. The molecule has 0 spiro atoms. The van der Waals surface area contributed by atoms with E-state index in [-0.39, 0.29) is 0 Å². The first-order valence-corrected chi connectivity index (χ1v) is 17.7. The van der Waals surface area contributed by atoms with Gasteiger partial charge in [0.25, 0.3) is 0 Å². The average molecular weight is 339 g/mol. The summed E-state index contributed by atoms with van der Waals surface area (Å²) in [4.78, 5) is 0. The maximum Gasteiger partial charge on any atom is 0.317 e. The second-order valence-electron chi connectivity index (χ2n) is 6.27. The Morgan fingerprint density at radius 3 is 1.05 bits per heavy atom. The SMILES string of the molecule is CC[Si]1(C)O[Si](C)(C)O[Si](C)(CC)O[Si](C)(CC)O1. The van der Waals surface area contributed by atoms with E-state index in [1.54, 1.807) is 0 Å². The lowest BCUT2D eigenvalue weighted by molar-refractivity contribution is 0.228. The van der Waals surface area contributed by atoms with Crippen LogP contribution in [0.4, 0.5) is 0 Å². The van der Waals surface area contributed by atoms with Crippen LogP contribution >= 0.6 is 0 Å². The Labute approximate surface area is 122 Å². The predicted molar refractivity (Wildman–Crippen MR) is 88.1 cm³/mol. The van der Waals surface area contributed by atoms with Crippen LogP contribution in [0.1, 0.15) is 20.8 Å². The van der Waals surface area contributed by atoms with Crippen molar-refractivity contribution in [3.8, 4) is 0 Å². The summed E-state index contributed by atoms with van der Waals surface area (Å²) < 4.78 is 25.9. The first-order chi connectivity index (χ1) is 8.51. The van der Waals surface area contributed by atoms with E-state index in [0.717, 1.165) is 18.1 Å². The number of rotatable bonds is 3. The quantitative estimate of drug-likeness (QED) is 0.728. The molecule has 0 amide bonds. The van der Waals surface area contributed by atoms with Crippen molar-refractivity contribution < 1.29 is 16.5 Å². The number of hydrogen-bond acceptors (Lipinski definition) is 4. The maximum absolute atomic E-state index is 6.52. The van der Waals surface area contributed by atoms with E-state index in [0.29, 0.717) is 0 Å². The zero-order chi connectivity index (χ0) is 14.9. The molecule has 1 rings (SSSR count). The topological polar surface area (TPSA) is 36.9 Å². The summed E-state index contributed by atoms with van der Waals surface area (Å²) in [5, 5.41) is 0. The summed E-state index contributed by atoms with van der Waals surface area (Å²) in [7, 11) is -8.67. The molecule has 0 aliphatic carbocycles. The van der Waals surface area contributed by atoms with Crippen LogP contribution in [-0.2, 0) is 16.5 Å². The van der Waals surface area contributed by atoms with E-state index < -0.39 is 34.2 Å². The van der Waals surface area contributed by atoms with Crippen LogP contribution < -0.4 is 0 Å². The van der Waals surface area contributed by atoms with E-state index in [1.165, 1.54) is 0 Å². The third kappa shape index (κ3) is 4.60. The van der Waals surface area contributed by atoms with Gasteiger partial charge in [0.05, 0.1) is 0 Å². The molecule has 0 aromatic rings. The van der Waals surface area contributed by atoms with Gasteiger partial charge in [-0.25, -0.2) is 0 Å². The first-order valence-electron chi connectivity index (χ1n) is 7.31. The fourth-order valence-electron chi connectivity index (χ4n) is 2.47. The molecule has 19 heavy (non-hydrogen) atoms. The Kier molecular flexibility index (Phi) is 5.45. The molecule has 0 N–H and O–H groups in total. The van der Waals surface area contributed by atoms with Crippen LogP contribution in [0, 0.1) is 0 Å². The maximum atomic E-state index is 6.52. The molecular formula is C11H30O4Si4. The Balaban J connectivity index is 3.12. The average Bonchev–Trinajstić information content (AvgIpc) is 2.25. The highest BCUT2D eigenvalue weighted by molar-refractivity contribution is 6.93. The minimum atomic E-state index is -2.17. The van der Waals surface area contributed by atoms with Crippen molar-refractivity contribution in [3.63, 3.8) is 0 Å². The molecule has 2 atom stereocenters. The third-order valence-corrected chi connectivity index (χ3v) is 21.9. The van der Waals surface area contributed by atoms with E-state index in [9.17, 15) is 0 Å². The highest BCUT2D eigenvalue weighted by Crippen LogP contribution is 2.34. The lowest BCUT2D eigenvalue weighted by Crippen LogP contribution is -2.66. The van der Waals surface area contributed by atoms with Crippen molar-refractivity contribution in [1.29, 1.82) is 0 Å². The summed E-state index contributed by atoms with van der Waals surface area (Å²) >= 11 is 0. The van der Waals surface area contributed by atoms with E-state index in [2.05, 4.69) is 53.5 Å². The van der Waals surface area contributed by atoms with Crippen molar-refractivity contribution in [2.75, 3.05) is 0 Å². The van der Waals surface area contributed by atoms with Crippen molar-refractivity contribution >= 4 is 34.2 Å². The lowest BCUT2D eigenvalue weighted by atomic mass is 11.0. The normalized spacial score (nSPS) is 43.6.